The van der Waals surface area contributed by atoms with Crippen molar-refractivity contribution in [3.63, 3.8) is 0 Å². The van der Waals surface area contributed by atoms with Crippen LogP contribution in [0.3, 0.4) is 0 Å². The SMILES string of the molecule is N#CCc1ccc(N2CC[C@@]3(O)C(=O)c4ccsc4N=C23)cc1. The number of aliphatic imine (C=N–C) groups is 1. The number of rotatable bonds is 2. The van der Waals surface area contributed by atoms with Crippen LogP contribution in [0.1, 0.15) is 22.3 Å². The number of nitrogens with zero attached hydrogens (tertiary/aromatic N) is 3. The number of carbonyl (C=O) groups is 1. The first-order chi connectivity index (χ1) is 11.1. The summed E-state index contributed by atoms with van der Waals surface area (Å²) in [4.78, 5) is 19.0. The molecule has 23 heavy (non-hydrogen) atoms. The molecule has 1 N–H and O–H groups in total. The Hall–Kier alpha value is -2.49. The summed E-state index contributed by atoms with van der Waals surface area (Å²) in [5, 5.41) is 22.1. The fourth-order valence-corrected chi connectivity index (χ4v) is 3.86. The van der Waals surface area contributed by atoms with Gasteiger partial charge in [-0.15, -0.1) is 11.3 Å². The number of ketones is 1. The van der Waals surface area contributed by atoms with E-state index in [0.717, 1.165) is 11.3 Å². The van der Waals surface area contributed by atoms with Crippen molar-refractivity contribution in [1.29, 1.82) is 5.26 Å². The molecule has 0 bridgehead atoms. The molecule has 2 aliphatic heterocycles. The quantitative estimate of drug-likeness (QED) is 0.922. The predicted molar refractivity (Wildman–Crippen MR) is 88.4 cm³/mol. The van der Waals surface area contributed by atoms with E-state index in [4.69, 9.17) is 5.26 Å². The first-order valence-corrected chi connectivity index (χ1v) is 8.19. The Balaban J connectivity index is 1.75. The van der Waals surface area contributed by atoms with Gasteiger partial charge in [0.15, 0.2) is 11.4 Å². The Labute approximate surface area is 137 Å². The Bertz CT molecular complexity index is 863. The molecule has 0 aliphatic carbocycles. The normalized spacial score (nSPS) is 22.3. The molecule has 2 aromatic rings. The molecule has 1 atom stereocenters. The second-order valence-corrected chi connectivity index (χ2v) is 6.56. The highest BCUT2D eigenvalue weighted by atomic mass is 32.1. The molecule has 0 saturated carbocycles. The lowest BCUT2D eigenvalue weighted by Crippen LogP contribution is -2.48. The van der Waals surface area contributed by atoms with Gasteiger partial charge in [0, 0.05) is 18.7 Å². The number of Topliss-reactive ketones (excluding diaryl/α,β-unsaturated/α-hetero) is 1. The molecule has 0 amide bonds. The predicted octanol–water partition coefficient (Wildman–Crippen LogP) is 2.68. The van der Waals surface area contributed by atoms with Gasteiger partial charge in [0.05, 0.1) is 18.1 Å². The van der Waals surface area contributed by atoms with E-state index in [1.54, 1.807) is 6.07 Å². The first-order valence-electron chi connectivity index (χ1n) is 7.31. The monoisotopic (exact) mass is 323 g/mol. The van der Waals surface area contributed by atoms with Crippen molar-refractivity contribution in [3.8, 4) is 6.07 Å². The third kappa shape index (κ3) is 2.01. The zero-order chi connectivity index (χ0) is 16.0. The van der Waals surface area contributed by atoms with Crippen LogP contribution < -0.4 is 4.90 Å². The third-order valence-corrected chi connectivity index (χ3v) is 5.13. The Kier molecular flexibility index (Phi) is 3.08. The van der Waals surface area contributed by atoms with Crippen LogP contribution in [0.5, 0.6) is 0 Å². The van der Waals surface area contributed by atoms with Crippen molar-refractivity contribution >= 4 is 33.6 Å². The van der Waals surface area contributed by atoms with Crippen LogP contribution in [0.25, 0.3) is 0 Å². The van der Waals surface area contributed by atoms with E-state index in [0.29, 0.717) is 35.8 Å². The second-order valence-electron chi connectivity index (χ2n) is 5.67. The Morgan fingerprint density at radius 2 is 2.13 bits per heavy atom. The summed E-state index contributed by atoms with van der Waals surface area (Å²) >= 11 is 1.40. The molecule has 0 radical (unpaired) electrons. The summed E-state index contributed by atoms with van der Waals surface area (Å²) in [6, 6.07) is 11.4. The smallest absolute Gasteiger partial charge is 0.205 e. The zero-order valence-electron chi connectivity index (χ0n) is 12.2. The van der Waals surface area contributed by atoms with Crippen LogP contribution in [0.2, 0.25) is 0 Å². The molecule has 2 aliphatic rings. The molecule has 1 aromatic carbocycles. The largest absolute Gasteiger partial charge is 0.374 e. The fourth-order valence-electron chi connectivity index (χ4n) is 3.10. The number of benzene rings is 1. The summed E-state index contributed by atoms with van der Waals surface area (Å²) in [6.45, 7) is 0.535. The van der Waals surface area contributed by atoms with Crippen molar-refractivity contribution in [2.45, 2.75) is 18.4 Å². The molecule has 1 aromatic heterocycles. The van der Waals surface area contributed by atoms with Crippen LogP contribution in [0.4, 0.5) is 10.7 Å². The third-order valence-electron chi connectivity index (χ3n) is 4.33. The van der Waals surface area contributed by atoms with Crippen molar-refractivity contribution < 1.29 is 9.90 Å². The van der Waals surface area contributed by atoms with Gasteiger partial charge in [-0.05, 0) is 29.1 Å². The second kappa shape index (κ2) is 5.01. The number of thiophene rings is 1. The number of nitriles is 1. The maximum atomic E-state index is 12.6. The van der Waals surface area contributed by atoms with Gasteiger partial charge in [-0.25, -0.2) is 4.99 Å². The average molecular weight is 323 g/mol. The highest BCUT2D eigenvalue weighted by Gasteiger charge is 2.52. The molecule has 0 spiro atoms. The maximum absolute atomic E-state index is 12.6. The molecular formula is C17H13N3O2S. The van der Waals surface area contributed by atoms with Crippen LogP contribution in [0, 0.1) is 11.3 Å². The summed E-state index contributed by atoms with van der Waals surface area (Å²) in [7, 11) is 0. The Morgan fingerprint density at radius 1 is 1.35 bits per heavy atom. The minimum absolute atomic E-state index is 0.262. The lowest BCUT2D eigenvalue weighted by atomic mass is 9.90. The van der Waals surface area contributed by atoms with Crippen LogP contribution in [0.15, 0.2) is 40.7 Å². The molecule has 114 valence electrons. The van der Waals surface area contributed by atoms with Gasteiger partial charge >= 0.3 is 0 Å². The summed E-state index contributed by atoms with van der Waals surface area (Å²) in [5.41, 5.74) is 0.786. The van der Waals surface area contributed by atoms with E-state index in [1.807, 2.05) is 34.5 Å². The van der Waals surface area contributed by atoms with Gasteiger partial charge in [0.25, 0.3) is 0 Å². The van der Waals surface area contributed by atoms with Gasteiger partial charge in [0.2, 0.25) is 5.78 Å². The molecule has 5 nitrogen and oxygen atoms in total. The van der Waals surface area contributed by atoms with Crippen molar-refractivity contribution in [3.05, 3.63) is 46.8 Å². The number of anilines is 1. The van der Waals surface area contributed by atoms with E-state index in [2.05, 4.69) is 11.1 Å². The first kappa shape index (κ1) is 14.1. The van der Waals surface area contributed by atoms with Crippen molar-refractivity contribution in [2.75, 3.05) is 11.4 Å². The van der Waals surface area contributed by atoms with Gasteiger partial charge in [0.1, 0.15) is 5.00 Å². The molecule has 3 heterocycles. The minimum atomic E-state index is -1.53. The van der Waals surface area contributed by atoms with Crippen LogP contribution >= 0.6 is 11.3 Å². The molecule has 1 saturated heterocycles. The van der Waals surface area contributed by atoms with Gasteiger partial charge < -0.3 is 10.0 Å². The van der Waals surface area contributed by atoms with Gasteiger partial charge in [-0.2, -0.15) is 5.26 Å². The number of amidine groups is 1. The number of carbonyl (C=O) groups excluding carboxylic acids is 1. The van der Waals surface area contributed by atoms with Crippen molar-refractivity contribution in [2.24, 2.45) is 4.99 Å². The average Bonchev–Trinajstić information content (AvgIpc) is 3.15. The van der Waals surface area contributed by atoms with E-state index in [9.17, 15) is 9.90 Å². The molecule has 4 rings (SSSR count). The van der Waals surface area contributed by atoms with Crippen LogP contribution in [-0.4, -0.2) is 28.9 Å². The molecule has 1 fully saturated rings. The lowest BCUT2D eigenvalue weighted by molar-refractivity contribution is 0.0603. The Morgan fingerprint density at radius 3 is 2.87 bits per heavy atom. The number of hydrogen-bond donors (Lipinski definition) is 1. The standard InChI is InChI=1S/C17H13N3O2S/c18-8-5-11-1-3-12(4-2-11)20-9-7-17(22)14(21)13-6-10-23-15(13)19-16(17)20/h1-4,6,10,22H,5,7,9H2/t17-/m1/s1. The number of hydrogen-bond acceptors (Lipinski definition) is 6. The van der Waals surface area contributed by atoms with E-state index in [1.165, 1.54) is 11.3 Å². The summed E-state index contributed by atoms with van der Waals surface area (Å²) in [5.74, 6) is 0.146. The zero-order valence-corrected chi connectivity index (χ0v) is 13.0. The highest BCUT2D eigenvalue weighted by Crippen LogP contribution is 2.41. The summed E-state index contributed by atoms with van der Waals surface area (Å²) < 4.78 is 0. The molecular weight excluding hydrogens is 310 g/mol. The molecule has 0 unspecified atom stereocenters. The number of fused-ring (bicyclic) bond motifs is 2. The molecule has 6 heteroatoms. The maximum Gasteiger partial charge on any atom is 0.205 e. The topological polar surface area (TPSA) is 76.7 Å². The van der Waals surface area contributed by atoms with Crippen molar-refractivity contribution in [1.82, 2.24) is 0 Å². The minimum Gasteiger partial charge on any atom is -0.374 e. The fraction of sp³-hybridized carbons (Fsp3) is 0.235. The van der Waals surface area contributed by atoms with E-state index < -0.39 is 5.60 Å². The van der Waals surface area contributed by atoms with Gasteiger partial charge in [-0.1, -0.05) is 12.1 Å². The van der Waals surface area contributed by atoms with Gasteiger partial charge in [-0.3, -0.25) is 4.79 Å². The van der Waals surface area contributed by atoms with Crippen LogP contribution in [-0.2, 0) is 6.42 Å². The van der Waals surface area contributed by atoms with E-state index >= 15 is 0 Å². The summed E-state index contributed by atoms with van der Waals surface area (Å²) in [6.07, 6.45) is 0.697. The lowest BCUT2D eigenvalue weighted by Gasteiger charge is -2.28. The van der Waals surface area contributed by atoms with E-state index in [-0.39, 0.29) is 5.78 Å². The highest BCUT2D eigenvalue weighted by molar-refractivity contribution is 7.14. The number of aliphatic hydroxyl groups is 1.